The zero-order valence-electron chi connectivity index (χ0n) is 9.66. The highest BCUT2D eigenvalue weighted by atomic mass is 35.5. The molecule has 17 heavy (non-hydrogen) atoms. The second-order valence-electron chi connectivity index (χ2n) is 3.61. The topological polar surface area (TPSA) is 57.4 Å². The molecule has 0 saturated heterocycles. The maximum Gasteiger partial charge on any atom is 0.145 e. The van der Waals surface area contributed by atoms with Crippen molar-refractivity contribution in [1.29, 1.82) is 0 Å². The number of hydrogen-bond donors (Lipinski definition) is 1. The Hall–Kier alpha value is -1.52. The van der Waals surface area contributed by atoms with Crippen molar-refractivity contribution in [1.82, 2.24) is 4.98 Å². The number of aromatic nitrogens is 1. The molecule has 1 aromatic carbocycles. The molecular weight excluding hydrogens is 240 g/mol. The van der Waals surface area contributed by atoms with E-state index in [9.17, 15) is 0 Å². The smallest absolute Gasteiger partial charge is 0.145 e. The number of pyridine rings is 1. The minimum atomic E-state index is 0.399. The SMILES string of the molecule is COCc1cc(N)c2c(Cl)ccc(OC)c2n1. The maximum atomic E-state index is 6.11. The van der Waals surface area contributed by atoms with E-state index in [1.165, 1.54) is 0 Å². The van der Waals surface area contributed by atoms with Crippen LogP contribution in [0, 0.1) is 0 Å². The number of nitrogens with zero attached hydrogens (tertiary/aromatic N) is 1. The summed E-state index contributed by atoms with van der Waals surface area (Å²) >= 11 is 6.11. The molecule has 2 rings (SSSR count). The lowest BCUT2D eigenvalue weighted by Crippen LogP contribution is -1.99. The van der Waals surface area contributed by atoms with Gasteiger partial charge in [-0.3, -0.25) is 0 Å². The molecule has 1 heterocycles. The zero-order valence-corrected chi connectivity index (χ0v) is 10.4. The van der Waals surface area contributed by atoms with Crippen LogP contribution in [0.4, 0.5) is 5.69 Å². The van der Waals surface area contributed by atoms with Gasteiger partial charge in [-0.05, 0) is 18.2 Å². The Morgan fingerprint density at radius 3 is 2.76 bits per heavy atom. The Balaban J connectivity index is 2.75. The molecule has 0 bridgehead atoms. The average molecular weight is 253 g/mol. The van der Waals surface area contributed by atoms with E-state index in [1.807, 2.05) is 0 Å². The number of anilines is 1. The van der Waals surface area contributed by atoms with Crippen LogP contribution in [0.5, 0.6) is 5.75 Å². The highest BCUT2D eigenvalue weighted by Crippen LogP contribution is 2.34. The molecule has 0 radical (unpaired) electrons. The van der Waals surface area contributed by atoms with Gasteiger partial charge in [0.25, 0.3) is 0 Å². The summed E-state index contributed by atoms with van der Waals surface area (Å²) in [5.74, 6) is 0.647. The number of methoxy groups -OCH3 is 2. The van der Waals surface area contributed by atoms with Crippen molar-refractivity contribution in [2.24, 2.45) is 0 Å². The van der Waals surface area contributed by atoms with Gasteiger partial charge >= 0.3 is 0 Å². The number of halogens is 1. The third-order valence-corrected chi connectivity index (χ3v) is 2.78. The molecule has 0 unspecified atom stereocenters. The monoisotopic (exact) mass is 252 g/mol. The molecule has 0 aliphatic rings. The standard InChI is InChI=1S/C12H13ClN2O2/c1-16-6-7-5-9(14)11-8(13)3-4-10(17-2)12(11)15-7/h3-5H,6H2,1-2H3,(H2,14,15). The molecule has 0 saturated carbocycles. The first-order valence-electron chi connectivity index (χ1n) is 5.08. The van der Waals surface area contributed by atoms with Crippen LogP contribution in [0.1, 0.15) is 5.69 Å². The summed E-state index contributed by atoms with van der Waals surface area (Å²) < 4.78 is 10.3. The fourth-order valence-electron chi connectivity index (χ4n) is 1.75. The lowest BCUT2D eigenvalue weighted by molar-refractivity contribution is 0.182. The number of hydrogen-bond acceptors (Lipinski definition) is 4. The van der Waals surface area contributed by atoms with Gasteiger partial charge < -0.3 is 15.2 Å². The fraction of sp³-hybridized carbons (Fsp3) is 0.250. The Morgan fingerprint density at radius 1 is 1.35 bits per heavy atom. The summed E-state index contributed by atoms with van der Waals surface area (Å²) in [6, 6.07) is 5.28. The predicted molar refractivity (Wildman–Crippen MR) is 68.4 cm³/mol. The largest absolute Gasteiger partial charge is 0.494 e. The molecule has 0 aliphatic carbocycles. The maximum absolute atomic E-state index is 6.11. The number of nitrogen functional groups attached to an aromatic ring is 1. The molecule has 2 aromatic rings. The summed E-state index contributed by atoms with van der Waals surface area (Å²) in [6.07, 6.45) is 0. The van der Waals surface area contributed by atoms with Gasteiger partial charge in [0.1, 0.15) is 11.3 Å². The zero-order chi connectivity index (χ0) is 12.4. The van der Waals surface area contributed by atoms with E-state index >= 15 is 0 Å². The van der Waals surface area contributed by atoms with E-state index in [-0.39, 0.29) is 0 Å². The second-order valence-corrected chi connectivity index (χ2v) is 4.02. The van der Waals surface area contributed by atoms with Gasteiger partial charge in [-0.1, -0.05) is 11.6 Å². The van der Waals surface area contributed by atoms with E-state index in [4.69, 9.17) is 26.8 Å². The Kier molecular flexibility index (Phi) is 3.36. The third-order valence-electron chi connectivity index (χ3n) is 2.47. The number of benzene rings is 1. The van der Waals surface area contributed by atoms with E-state index in [0.29, 0.717) is 34.0 Å². The fourth-order valence-corrected chi connectivity index (χ4v) is 2.01. The van der Waals surface area contributed by atoms with Gasteiger partial charge in [0.15, 0.2) is 0 Å². The highest BCUT2D eigenvalue weighted by molar-refractivity contribution is 6.36. The predicted octanol–water partition coefficient (Wildman–Crippen LogP) is 2.63. The molecule has 0 amide bonds. The van der Waals surface area contributed by atoms with Crippen molar-refractivity contribution in [3.8, 4) is 5.75 Å². The number of fused-ring (bicyclic) bond motifs is 1. The molecule has 0 spiro atoms. The molecule has 2 N–H and O–H groups in total. The first-order chi connectivity index (χ1) is 8.17. The normalized spacial score (nSPS) is 10.8. The van der Waals surface area contributed by atoms with Crippen LogP contribution >= 0.6 is 11.6 Å². The quantitative estimate of drug-likeness (QED) is 0.912. The molecular formula is C12H13ClN2O2. The first-order valence-corrected chi connectivity index (χ1v) is 5.45. The van der Waals surface area contributed by atoms with E-state index in [2.05, 4.69) is 4.98 Å². The third kappa shape index (κ3) is 2.14. The van der Waals surface area contributed by atoms with E-state index in [0.717, 1.165) is 5.69 Å². The number of nitrogens with two attached hydrogens (primary N) is 1. The minimum Gasteiger partial charge on any atom is -0.494 e. The summed E-state index contributed by atoms with van der Waals surface area (Å²) in [4.78, 5) is 4.44. The average Bonchev–Trinajstić information content (AvgIpc) is 2.29. The Morgan fingerprint density at radius 2 is 2.12 bits per heavy atom. The summed E-state index contributed by atoms with van der Waals surface area (Å²) in [5.41, 5.74) is 7.96. The lowest BCUT2D eigenvalue weighted by Gasteiger charge is -2.10. The van der Waals surface area contributed by atoms with Crippen molar-refractivity contribution < 1.29 is 9.47 Å². The van der Waals surface area contributed by atoms with Crippen molar-refractivity contribution in [3.63, 3.8) is 0 Å². The van der Waals surface area contributed by atoms with Crippen LogP contribution in [0.3, 0.4) is 0 Å². The van der Waals surface area contributed by atoms with Gasteiger partial charge in [-0.2, -0.15) is 0 Å². The molecule has 1 aromatic heterocycles. The molecule has 0 atom stereocenters. The Labute approximate surface area is 104 Å². The first kappa shape index (κ1) is 12.0. The van der Waals surface area contributed by atoms with Gasteiger partial charge in [-0.25, -0.2) is 4.98 Å². The summed E-state index contributed by atoms with van der Waals surface area (Å²) in [5, 5.41) is 1.28. The van der Waals surface area contributed by atoms with Crippen LogP contribution < -0.4 is 10.5 Å². The second kappa shape index (κ2) is 4.77. The van der Waals surface area contributed by atoms with Crippen LogP contribution in [0.2, 0.25) is 5.02 Å². The van der Waals surface area contributed by atoms with Gasteiger partial charge in [-0.15, -0.1) is 0 Å². The van der Waals surface area contributed by atoms with Gasteiger partial charge in [0, 0.05) is 18.2 Å². The van der Waals surface area contributed by atoms with Crippen molar-refractivity contribution in [3.05, 3.63) is 28.9 Å². The van der Waals surface area contributed by atoms with Gasteiger partial charge in [0.05, 0.1) is 24.4 Å². The molecule has 5 heteroatoms. The summed E-state index contributed by atoms with van der Waals surface area (Å²) in [6.45, 7) is 0.399. The number of rotatable bonds is 3. The molecule has 0 aliphatic heterocycles. The summed E-state index contributed by atoms with van der Waals surface area (Å²) in [7, 11) is 3.20. The Bertz CT molecular complexity index is 558. The van der Waals surface area contributed by atoms with Crippen molar-refractivity contribution in [2.75, 3.05) is 20.0 Å². The van der Waals surface area contributed by atoms with Crippen LogP contribution in [0.25, 0.3) is 10.9 Å². The number of ether oxygens (including phenoxy) is 2. The molecule has 4 nitrogen and oxygen atoms in total. The highest BCUT2D eigenvalue weighted by Gasteiger charge is 2.11. The van der Waals surface area contributed by atoms with Gasteiger partial charge in [0.2, 0.25) is 0 Å². The van der Waals surface area contributed by atoms with Crippen LogP contribution in [-0.4, -0.2) is 19.2 Å². The van der Waals surface area contributed by atoms with Crippen molar-refractivity contribution >= 4 is 28.2 Å². The lowest BCUT2D eigenvalue weighted by atomic mass is 10.1. The van der Waals surface area contributed by atoms with Crippen LogP contribution in [-0.2, 0) is 11.3 Å². The minimum absolute atomic E-state index is 0.399. The van der Waals surface area contributed by atoms with E-state index in [1.54, 1.807) is 32.4 Å². The van der Waals surface area contributed by atoms with Crippen LogP contribution in [0.15, 0.2) is 18.2 Å². The molecule has 0 fully saturated rings. The molecule has 90 valence electrons. The van der Waals surface area contributed by atoms with Crippen molar-refractivity contribution in [2.45, 2.75) is 6.61 Å². The van der Waals surface area contributed by atoms with E-state index < -0.39 is 0 Å².